The fraction of sp³-hybridized carbons (Fsp3) is 0.250. The Balaban J connectivity index is 2.78. The molecule has 0 fully saturated rings. The molecule has 0 heterocycles. The summed E-state index contributed by atoms with van der Waals surface area (Å²) in [6, 6.07) is 5.74. The molecule has 1 aromatic rings. The number of alkyl halides is 1. The number of benzene rings is 1. The molecule has 0 aromatic heterocycles. The van der Waals surface area contributed by atoms with Gasteiger partial charge in [-0.25, -0.2) is 4.57 Å². The Morgan fingerprint density at radius 2 is 2.07 bits per heavy atom. The predicted molar refractivity (Wildman–Crippen MR) is 55.0 cm³/mol. The van der Waals surface area contributed by atoms with Gasteiger partial charge in [-0.05, 0) is 19.1 Å². The van der Waals surface area contributed by atoms with Crippen molar-refractivity contribution in [1.82, 2.24) is 0 Å². The van der Waals surface area contributed by atoms with E-state index in [-0.39, 0.29) is 11.5 Å². The number of hydrogen-bond donors (Lipinski definition) is 2. The van der Waals surface area contributed by atoms with Gasteiger partial charge in [-0.15, -0.1) is 0 Å². The summed E-state index contributed by atoms with van der Waals surface area (Å²) >= 11 is 5.37. The Morgan fingerprint density at radius 1 is 1.47 bits per heavy atom. The van der Waals surface area contributed by atoms with E-state index in [0.717, 1.165) is 0 Å². The van der Waals surface area contributed by atoms with Crippen molar-refractivity contribution in [3.05, 3.63) is 24.3 Å². The summed E-state index contributed by atoms with van der Waals surface area (Å²) in [5.41, 5.74) is -0.966. The van der Waals surface area contributed by atoms with Crippen molar-refractivity contribution in [2.45, 2.75) is 12.5 Å². The number of phosphoric acid groups is 1. The molecule has 0 saturated heterocycles. The zero-order valence-corrected chi connectivity index (χ0v) is 9.48. The van der Waals surface area contributed by atoms with E-state index in [0.29, 0.717) is 0 Å². The number of aromatic hydroxyl groups is 1. The van der Waals surface area contributed by atoms with Gasteiger partial charge >= 0.3 is 7.82 Å². The van der Waals surface area contributed by atoms with E-state index < -0.39 is 13.4 Å². The van der Waals surface area contributed by atoms with Gasteiger partial charge in [-0.3, -0.25) is 9.42 Å². The highest BCUT2D eigenvalue weighted by Gasteiger charge is 2.26. The second-order valence-electron chi connectivity index (χ2n) is 2.68. The number of hydrogen-bond acceptors (Lipinski definition) is 4. The second-order valence-corrected chi connectivity index (χ2v) is 4.62. The van der Waals surface area contributed by atoms with Gasteiger partial charge in [0, 0.05) is 0 Å². The first kappa shape index (κ1) is 12.3. The number of phosphoric ester groups is 1. The third kappa shape index (κ3) is 4.10. The van der Waals surface area contributed by atoms with Crippen LogP contribution < -0.4 is 4.52 Å². The molecular weight excluding hydrogens is 243 g/mol. The lowest BCUT2D eigenvalue weighted by Crippen LogP contribution is -2.02. The molecular formula is C8H10ClO5P. The first-order valence-electron chi connectivity index (χ1n) is 4.03. The quantitative estimate of drug-likeness (QED) is 0.636. The minimum absolute atomic E-state index is 0.138. The Morgan fingerprint density at radius 3 is 2.60 bits per heavy atom. The predicted octanol–water partition coefficient (Wildman–Crippen LogP) is 2.47. The smallest absolute Gasteiger partial charge is 0.504 e. The van der Waals surface area contributed by atoms with Crippen molar-refractivity contribution in [2.24, 2.45) is 0 Å². The van der Waals surface area contributed by atoms with Crippen LogP contribution in [0.25, 0.3) is 0 Å². The van der Waals surface area contributed by atoms with Crippen LogP contribution in [0.3, 0.4) is 0 Å². The molecule has 7 heteroatoms. The molecule has 0 amide bonds. The van der Waals surface area contributed by atoms with Gasteiger partial charge in [0.2, 0.25) is 0 Å². The lowest BCUT2D eigenvalue weighted by atomic mass is 10.3. The van der Waals surface area contributed by atoms with Crippen molar-refractivity contribution in [2.75, 3.05) is 0 Å². The molecule has 15 heavy (non-hydrogen) atoms. The number of phenols is 1. The Kier molecular flexibility index (Phi) is 3.99. The SMILES string of the molecule is C[C@@H](Cl)OP(=O)(O)Oc1ccccc1O. The summed E-state index contributed by atoms with van der Waals surface area (Å²) in [6.07, 6.45) is 0. The van der Waals surface area contributed by atoms with Gasteiger partial charge in [0.15, 0.2) is 11.5 Å². The summed E-state index contributed by atoms with van der Waals surface area (Å²) in [4.78, 5) is 9.18. The van der Waals surface area contributed by atoms with Gasteiger partial charge < -0.3 is 9.63 Å². The van der Waals surface area contributed by atoms with Crippen molar-refractivity contribution in [3.63, 3.8) is 0 Å². The van der Waals surface area contributed by atoms with Crippen LogP contribution in [0.5, 0.6) is 11.5 Å². The maximum Gasteiger partial charge on any atom is 0.529 e. The fourth-order valence-electron chi connectivity index (χ4n) is 0.864. The highest BCUT2D eigenvalue weighted by molar-refractivity contribution is 7.47. The van der Waals surface area contributed by atoms with Crippen molar-refractivity contribution in [1.29, 1.82) is 0 Å². The van der Waals surface area contributed by atoms with Gasteiger partial charge in [0.25, 0.3) is 0 Å². The van der Waals surface area contributed by atoms with E-state index in [1.54, 1.807) is 12.1 Å². The minimum atomic E-state index is -4.29. The Hall–Kier alpha value is -0.740. The molecule has 1 rings (SSSR count). The number of para-hydroxylation sites is 2. The van der Waals surface area contributed by atoms with Crippen molar-refractivity contribution >= 4 is 19.4 Å². The van der Waals surface area contributed by atoms with Crippen molar-refractivity contribution < 1.29 is 23.6 Å². The molecule has 0 bridgehead atoms. The normalized spacial score (nSPS) is 16.7. The molecule has 2 N–H and O–H groups in total. The third-order valence-electron chi connectivity index (χ3n) is 1.36. The van der Waals surface area contributed by atoms with Crippen LogP contribution in [-0.4, -0.2) is 15.6 Å². The molecule has 1 unspecified atom stereocenters. The first-order valence-corrected chi connectivity index (χ1v) is 5.97. The zero-order chi connectivity index (χ0) is 11.5. The van der Waals surface area contributed by atoms with E-state index in [1.807, 2.05) is 0 Å². The molecule has 0 radical (unpaired) electrons. The van der Waals surface area contributed by atoms with E-state index >= 15 is 0 Å². The molecule has 0 aliphatic carbocycles. The zero-order valence-electron chi connectivity index (χ0n) is 7.83. The number of halogens is 1. The Bertz CT molecular complexity index is 381. The molecule has 1 aromatic carbocycles. The first-order chi connectivity index (χ1) is 6.91. The summed E-state index contributed by atoms with van der Waals surface area (Å²) in [5.74, 6) is -0.391. The molecule has 5 nitrogen and oxygen atoms in total. The number of rotatable bonds is 4. The maximum atomic E-state index is 11.3. The standard InChI is InChI=1S/C8H10ClO5P/c1-6(9)13-15(11,12)14-8-5-3-2-4-7(8)10/h2-6,10H,1H3,(H,11,12)/t6-/m0/s1. The van der Waals surface area contributed by atoms with Crippen LogP contribution >= 0.6 is 19.4 Å². The molecule has 0 saturated carbocycles. The van der Waals surface area contributed by atoms with Crippen LogP contribution in [0.1, 0.15) is 6.92 Å². The summed E-state index contributed by atoms with van der Waals surface area (Å²) in [6.45, 7) is 1.37. The fourth-order valence-corrected chi connectivity index (χ4v) is 1.98. The molecule has 0 spiro atoms. The van der Waals surface area contributed by atoms with Gasteiger partial charge in [0.1, 0.15) is 5.56 Å². The van der Waals surface area contributed by atoms with Crippen LogP contribution in [0, 0.1) is 0 Å². The minimum Gasteiger partial charge on any atom is -0.504 e. The lowest BCUT2D eigenvalue weighted by molar-refractivity contribution is 0.192. The third-order valence-corrected chi connectivity index (χ3v) is 2.58. The van der Waals surface area contributed by atoms with Gasteiger partial charge in [-0.1, -0.05) is 23.7 Å². The molecule has 2 atom stereocenters. The second kappa shape index (κ2) is 4.86. The largest absolute Gasteiger partial charge is 0.529 e. The highest BCUT2D eigenvalue weighted by atomic mass is 35.5. The van der Waals surface area contributed by atoms with E-state index in [4.69, 9.17) is 11.6 Å². The maximum absolute atomic E-state index is 11.3. The van der Waals surface area contributed by atoms with Crippen LogP contribution in [0.2, 0.25) is 0 Å². The average Bonchev–Trinajstić information content (AvgIpc) is 2.06. The van der Waals surface area contributed by atoms with E-state index in [2.05, 4.69) is 9.05 Å². The number of phenolic OH excluding ortho intramolecular Hbond substituents is 1. The van der Waals surface area contributed by atoms with Crippen LogP contribution in [0.15, 0.2) is 24.3 Å². The molecule has 84 valence electrons. The van der Waals surface area contributed by atoms with E-state index in [9.17, 15) is 14.6 Å². The highest BCUT2D eigenvalue weighted by Crippen LogP contribution is 2.47. The molecule has 0 aliphatic heterocycles. The molecule has 0 aliphatic rings. The average molecular weight is 253 g/mol. The van der Waals surface area contributed by atoms with E-state index in [1.165, 1.54) is 19.1 Å². The summed E-state index contributed by atoms with van der Waals surface area (Å²) < 4.78 is 20.3. The lowest BCUT2D eigenvalue weighted by Gasteiger charge is -2.14. The van der Waals surface area contributed by atoms with Crippen LogP contribution in [-0.2, 0) is 9.09 Å². The summed E-state index contributed by atoms with van der Waals surface area (Å²) in [7, 11) is -4.29. The summed E-state index contributed by atoms with van der Waals surface area (Å²) in [5, 5.41) is 9.26. The topological polar surface area (TPSA) is 76.0 Å². The monoisotopic (exact) mass is 252 g/mol. The van der Waals surface area contributed by atoms with Crippen molar-refractivity contribution in [3.8, 4) is 11.5 Å². The van der Waals surface area contributed by atoms with Gasteiger partial charge in [0.05, 0.1) is 0 Å². The van der Waals surface area contributed by atoms with Crippen LogP contribution in [0.4, 0.5) is 0 Å². The van der Waals surface area contributed by atoms with Gasteiger partial charge in [-0.2, -0.15) is 0 Å². The Labute approximate surface area is 91.8 Å².